The number of nitrogens with one attached hydrogen (secondary N) is 1. The lowest BCUT2D eigenvalue weighted by Crippen LogP contribution is -2.24. The van der Waals surface area contributed by atoms with Gasteiger partial charge in [-0.3, -0.25) is 0 Å². The molecule has 1 aromatic heterocycles. The fourth-order valence-corrected chi connectivity index (χ4v) is 3.36. The summed E-state index contributed by atoms with van der Waals surface area (Å²) in [6, 6.07) is 14.0. The van der Waals surface area contributed by atoms with Crippen LogP contribution >= 0.6 is 27.3 Å². The van der Waals surface area contributed by atoms with E-state index in [9.17, 15) is 0 Å². The van der Waals surface area contributed by atoms with Gasteiger partial charge in [0.15, 0.2) is 0 Å². The highest BCUT2D eigenvalue weighted by Gasteiger charge is 2.22. The van der Waals surface area contributed by atoms with Gasteiger partial charge in [0.05, 0.1) is 0 Å². The Morgan fingerprint density at radius 2 is 2.00 bits per heavy atom. The highest BCUT2D eigenvalue weighted by molar-refractivity contribution is 9.10. The van der Waals surface area contributed by atoms with E-state index in [2.05, 4.69) is 63.0 Å². The van der Waals surface area contributed by atoms with Crippen molar-refractivity contribution in [1.82, 2.24) is 5.32 Å². The molecule has 1 aliphatic rings. The van der Waals surface area contributed by atoms with Crippen molar-refractivity contribution in [2.24, 2.45) is 0 Å². The minimum absolute atomic E-state index is 0.576. The summed E-state index contributed by atoms with van der Waals surface area (Å²) >= 11 is 5.38. The molecule has 3 heteroatoms. The Labute approximate surface area is 127 Å². The van der Waals surface area contributed by atoms with E-state index in [-0.39, 0.29) is 0 Å². The van der Waals surface area contributed by atoms with Gasteiger partial charge >= 0.3 is 0 Å². The van der Waals surface area contributed by atoms with Gasteiger partial charge in [0.1, 0.15) is 0 Å². The Kier molecular flexibility index (Phi) is 4.36. The van der Waals surface area contributed by atoms with Crippen molar-refractivity contribution < 1.29 is 0 Å². The highest BCUT2D eigenvalue weighted by Crippen LogP contribution is 2.26. The summed E-state index contributed by atoms with van der Waals surface area (Å²) in [5.41, 5.74) is 1.43. The van der Waals surface area contributed by atoms with E-state index in [1.54, 1.807) is 0 Å². The lowest BCUT2D eigenvalue weighted by Gasteiger charge is -2.17. The topological polar surface area (TPSA) is 12.0 Å². The van der Waals surface area contributed by atoms with Crippen molar-refractivity contribution in [3.05, 3.63) is 56.7 Å². The monoisotopic (exact) mass is 335 g/mol. The fraction of sp³-hybridized carbons (Fsp3) is 0.375. The third-order valence-electron chi connectivity index (χ3n) is 3.60. The van der Waals surface area contributed by atoms with Crippen LogP contribution < -0.4 is 5.32 Å². The number of thiophene rings is 1. The number of benzene rings is 1. The summed E-state index contributed by atoms with van der Waals surface area (Å²) in [5, 5.41) is 5.84. The first-order valence-electron chi connectivity index (χ1n) is 6.82. The van der Waals surface area contributed by atoms with Gasteiger partial charge in [-0.2, -0.15) is 0 Å². The van der Waals surface area contributed by atoms with Crippen LogP contribution in [0.3, 0.4) is 0 Å². The standard InChI is InChI=1S/C16H18BrNS/c17-14-5-3-12(4-6-14)13(11-18-15-7-8-15)10-16-2-1-9-19-16/h1-6,9,13,15,18H,7-8,10-11H2. The number of rotatable bonds is 6. The molecular weight excluding hydrogens is 318 g/mol. The van der Waals surface area contributed by atoms with Crippen molar-refractivity contribution in [1.29, 1.82) is 0 Å². The van der Waals surface area contributed by atoms with Crippen molar-refractivity contribution in [3.8, 4) is 0 Å². The molecule has 0 aliphatic heterocycles. The molecule has 0 amide bonds. The van der Waals surface area contributed by atoms with Crippen molar-refractivity contribution in [3.63, 3.8) is 0 Å². The van der Waals surface area contributed by atoms with E-state index in [0.717, 1.165) is 23.5 Å². The maximum Gasteiger partial charge on any atom is 0.0175 e. The third kappa shape index (κ3) is 3.91. The fourth-order valence-electron chi connectivity index (χ4n) is 2.31. The van der Waals surface area contributed by atoms with E-state index in [4.69, 9.17) is 0 Å². The molecule has 1 fully saturated rings. The lowest BCUT2D eigenvalue weighted by atomic mass is 9.95. The van der Waals surface area contributed by atoms with E-state index in [0.29, 0.717) is 5.92 Å². The zero-order valence-corrected chi connectivity index (χ0v) is 13.2. The highest BCUT2D eigenvalue weighted by atomic mass is 79.9. The Morgan fingerprint density at radius 3 is 2.63 bits per heavy atom. The van der Waals surface area contributed by atoms with E-state index in [1.807, 2.05) is 11.3 Å². The number of hydrogen-bond donors (Lipinski definition) is 1. The largest absolute Gasteiger partial charge is 0.313 e. The maximum atomic E-state index is 3.68. The Balaban J connectivity index is 1.71. The van der Waals surface area contributed by atoms with Gasteiger partial charge in [-0.25, -0.2) is 0 Å². The molecule has 1 N–H and O–H groups in total. The van der Waals surface area contributed by atoms with Crippen LogP contribution in [-0.2, 0) is 6.42 Å². The Hall–Kier alpha value is -0.640. The van der Waals surface area contributed by atoms with Crippen LogP contribution in [0.25, 0.3) is 0 Å². The molecule has 0 bridgehead atoms. The molecule has 2 aromatic rings. The summed E-state index contributed by atoms with van der Waals surface area (Å²) in [4.78, 5) is 1.48. The van der Waals surface area contributed by atoms with E-state index < -0.39 is 0 Å². The summed E-state index contributed by atoms with van der Waals surface area (Å²) in [5.74, 6) is 0.576. The average Bonchev–Trinajstić information content (AvgIpc) is 3.11. The van der Waals surface area contributed by atoms with Gasteiger partial charge in [-0.1, -0.05) is 34.1 Å². The molecule has 0 spiro atoms. The lowest BCUT2D eigenvalue weighted by molar-refractivity contribution is 0.580. The number of halogens is 1. The average molecular weight is 336 g/mol. The zero-order chi connectivity index (χ0) is 13.1. The van der Waals surface area contributed by atoms with Crippen LogP contribution in [-0.4, -0.2) is 12.6 Å². The molecular formula is C16H18BrNS. The van der Waals surface area contributed by atoms with Gasteiger partial charge in [0.25, 0.3) is 0 Å². The normalized spacial score (nSPS) is 16.5. The molecule has 1 unspecified atom stereocenters. The molecule has 3 rings (SSSR count). The first-order valence-corrected chi connectivity index (χ1v) is 8.50. The second-order valence-electron chi connectivity index (χ2n) is 5.21. The van der Waals surface area contributed by atoms with Crippen LogP contribution in [0.2, 0.25) is 0 Å². The molecule has 1 aromatic carbocycles. The molecule has 1 atom stereocenters. The van der Waals surface area contributed by atoms with Crippen molar-refractivity contribution >= 4 is 27.3 Å². The Morgan fingerprint density at radius 1 is 1.21 bits per heavy atom. The van der Waals surface area contributed by atoms with Gasteiger partial charge in [0.2, 0.25) is 0 Å². The molecule has 1 saturated carbocycles. The quantitative estimate of drug-likeness (QED) is 0.814. The van der Waals surface area contributed by atoms with Crippen LogP contribution in [0.1, 0.15) is 29.2 Å². The smallest absolute Gasteiger partial charge is 0.0175 e. The molecule has 1 heterocycles. The zero-order valence-electron chi connectivity index (χ0n) is 10.8. The van der Waals surface area contributed by atoms with E-state index >= 15 is 0 Å². The van der Waals surface area contributed by atoms with Crippen LogP contribution in [0, 0.1) is 0 Å². The van der Waals surface area contributed by atoms with Crippen LogP contribution in [0.4, 0.5) is 0 Å². The van der Waals surface area contributed by atoms with E-state index in [1.165, 1.54) is 23.3 Å². The minimum Gasteiger partial charge on any atom is -0.313 e. The SMILES string of the molecule is Brc1ccc(C(CNC2CC2)Cc2cccs2)cc1. The maximum absolute atomic E-state index is 3.68. The molecule has 1 nitrogen and oxygen atoms in total. The summed E-state index contributed by atoms with van der Waals surface area (Å²) in [7, 11) is 0. The van der Waals surface area contributed by atoms with Crippen LogP contribution in [0.5, 0.6) is 0 Å². The Bertz CT molecular complexity index is 502. The van der Waals surface area contributed by atoms with Crippen molar-refractivity contribution in [2.45, 2.75) is 31.2 Å². The predicted octanol–water partition coefficient (Wildman–Crippen LogP) is 4.59. The molecule has 0 saturated heterocycles. The van der Waals surface area contributed by atoms with Crippen LogP contribution in [0.15, 0.2) is 46.3 Å². The summed E-state index contributed by atoms with van der Waals surface area (Å²) in [6.07, 6.45) is 3.84. The summed E-state index contributed by atoms with van der Waals surface area (Å²) in [6.45, 7) is 1.09. The summed E-state index contributed by atoms with van der Waals surface area (Å²) < 4.78 is 1.15. The first-order chi connectivity index (χ1) is 9.31. The minimum atomic E-state index is 0.576. The van der Waals surface area contributed by atoms with Gasteiger partial charge in [-0.05, 0) is 48.4 Å². The third-order valence-corrected chi connectivity index (χ3v) is 5.03. The molecule has 1 aliphatic carbocycles. The van der Waals surface area contributed by atoms with Crippen molar-refractivity contribution in [2.75, 3.05) is 6.54 Å². The second kappa shape index (κ2) is 6.21. The molecule has 0 radical (unpaired) electrons. The second-order valence-corrected chi connectivity index (χ2v) is 7.16. The van der Waals surface area contributed by atoms with Gasteiger partial charge in [-0.15, -0.1) is 11.3 Å². The van der Waals surface area contributed by atoms with Gasteiger partial charge in [0, 0.05) is 27.9 Å². The predicted molar refractivity (Wildman–Crippen MR) is 85.9 cm³/mol. The molecule has 19 heavy (non-hydrogen) atoms. The molecule has 100 valence electrons. The number of hydrogen-bond acceptors (Lipinski definition) is 2. The first kappa shape index (κ1) is 13.3. The van der Waals surface area contributed by atoms with Gasteiger partial charge < -0.3 is 5.32 Å².